The molecule has 0 unspecified atom stereocenters. The fraction of sp³-hybridized carbons (Fsp3) is 0.143. The zero-order valence-corrected chi connectivity index (χ0v) is 6.89. The highest BCUT2D eigenvalue weighted by atomic mass is 32.2. The van der Waals surface area contributed by atoms with E-state index in [1.54, 1.807) is 12.3 Å². The number of primary amides is 1. The van der Waals surface area contributed by atoms with Gasteiger partial charge in [0.05, 0.1) is 5.56 Å². The summed E-state index contributed by atoms with van der Waals surface area (Å²) in [4.78, 5) is 15.4. The molecule has 1 heterocycles. The Bertz CT molecular complexity index is 275. The third kappa shape index (κ3) is 1.94. The number of aromatic nitrogens is 1. The van der Waals surface area contributed by atoms with Crippen LogP contribution in [0.15, 0.2) is 23.4 Å². The van der Waals surface area contributed by atoms with Crippen molar-refractivity contribution in [1.29, 1.82) is 0 Å². The van der Waals surface area contributed by atoms with Crippen LogP contribution in [0.2, 0.25) is 0 Å². The van der Waals surface area contributed by atoms with E-state index >= 15 is 0 Å². The highest BCUT2D eigenvalue weighted by Gasteiger charge is 2.00. The fourth-order valence-corrected chi connectivity index (χ4v) is 1.08. The summed E-state index contributed by atoms with van der Waals surface area (Å²) in [6.07, 6.45) is 5.07. The molecule has 3 nitrogen and oxygen atoms in total. The molecule has 0 fully saturated rings. The lowest BCUT2D eigenvalue weighted by Gasteiger charge is -1.96. The van der Waals surface area contributed by atoms with Crippen molar-refractivity contribution in [2.45, 2.75) is 4.90 Å². The number of nitrogens with zero attached hydrogens (tertiary/aromatic N) is 1. The van der Waals surface area contributed by atoms with Crippen LogP contribution in [0.1, 0.15) is 10.4 Å². The van der Waals surface area contributed by atoms with Gasteiger partial charge in [-0.15, -0.1) is 11.8 Å². The number of carbonyl (C=O) groups is 1. The summed E-state index contributed by atoms with van der Waals surface area (Å²) >= 11 is 1.53. The highest BCUT2D eigenvalue weighted by molar-refractivity contribution is 7.98. The van der Waals surface area contributed by atoms with Gasteiger partial charge < -0.3 is 5.73 Å². The second kappa shape index (κ2) is 3.39. The van der Waals surface area contributed by atoms with Crippen LogP contribution < -0.4 is 5.73 Å². The lowest BCUT2D eigenvalue weighted by molar-refractivity contribution is 0.0999. The van der Waals surface area contributed by atoms with Crippen molar-refractivity contribution in [3.05, 3.63) is 24.0 Å². The number of hydrogen-bond acceptors (Lipinski definition) is 3. The Hall–Kier alpha value is -1.03. The van der Waals surface area contributed by atoms with Gasteiger partial charge in [0.1, 0.15) is 0 Å². The maximum atomic E-state index is 10.6. The summed E-state index contributed by atoms with van der Waals surface area (Å²) in [7, 11) is 0. The van der Waals surface area contributed by atoms with Crippen molar-refractivity contribution in [3.8, 4) is 0 Å². The first-order valence-corrected chi connectivity index (χ1v) is 4.25. The summed E-state index contributed by atoms with van der Waals surface area (Å²) in [5, 5.41) is 0. The molecule has 0 atom stereocenters. The topological polar surface area (TPSA) is 56.0 Å². The average molecular weight is 168 g/mol. The van der Waals surface area contributed by atoms with Crippen molar-refractivity contribution in [3.63, 3.8) is 0 Å². The zero-order chi connectivity index (χ0) is 8.27. The van der Waals surface area contributed by atoms with Crippen LogP contribution in [0.3, 0.4) is 0 Å². The van der Waals surface area contributed by atoms with Crippen LogP contribution >= 0.6 is 11.8 Å². The molecule has 4 heteroatoms. The second-order valence-electron chi connectivity index (χ2n) is 1.98. The normalized spacial score (nSPS) is 9.55. The summed E-state index contributed by atoms with van der Waals surface area (Å²) in [5.74, 6) is -0.437. The van der Waals surface area contributed by atoms with Crippen LogP contribution in [-0.2, 0) is 0 Å². The predicted octanol–water partition coefficient (Wildman–Crippen LogP) is 0.902. The lowest BCUT2D eigenvalue weighted by atomic mass is 10.3. The molecule has 0 aliphatic carbocycles. The number of amides is 1. The number of hydrogen-bond donors (Lipinski definition) is 1. The first-order valence-electron chi connectivity index (χ1n) is 3.03. The minimum absolute atomic E-state index is 0.437. The van der Waals surface area contributed by atoms with Gasteiger partial charge in [0, 0.05) is 17.3 Å². The van der Waals surface area contributed by atoms with Crippen molar-refractivity contribution in [1.82, 2.24) is 4.98 Å². The molecular weight excluding hydrogens is 160 g/mol. The van der Waals surface area contributed by atoms with Gasteiger partial charge >= 0.3 is 0 Å². The summed E-state index contributed by atoms with van der Waals surface area (Å²) in [6, 6.07) is 1.72. The third-order valence-electron chi connectivity index (χ3n) is 1.23. The molecule has 0 aliphatic rings. The maximum absolute atomic E-state index is 10.6. The van der Waals surface area contributed by atoms with E-state index in [-0.39, 0.29) is 0 Å². The second-order valence-corrected chi connectivity index (χ2v) is 2.86. The molecule has 0 saturated carbocycles. The van der Waals surface area contributed by atoms with E-state index in [1.807, 2.05) is 6.26 Å². The molecule has 0 aromatic carbocycles. The molecule has 1 aromatic heterocycles. The molecule has 2 N–H and O–H groups in total. The molecule has 1 amide bonds. The molecule has 58 valence electrons. The average Bonchev–Trinajstić information content (AvgIpc) is 2.05. The van der Waals surface area contributed by atoms with Gasteiger partial charge in [-0.1, -0.05) is 0 Å². The molecule has 0 aliphatic heterocycles. The van der Waals surface area contributed by atoms with Crippen LogP contribution in [0.4, 0.5) is 0 Å². The van der Waals surface area contributed by atoms with Gasteiger partial charge in [-0.25, -0.2) is 0 Å². The first-order chi connectivity index (χ1) is 5.24. The first kappa shape index (κ1) is 8.07. The van der Waals surface area contributed by atoms with Crippen LogP contribution in [-0.4, -0.2) is 17.1 Å². The monoisotopic (exact) mass is 168 g/mol. The fourth-order valence-electron chi connectivity index (χ4n) is 0.665. The van der Waals surface area contributed by atoms with E-state index in [4.69, 9.17) is 5.73 Å². The van der Waals surface area contributed by atoms with E-state index in [0.717, 1.165) is 4.90 Å². The minimum atomic E-state index is -0.437. The highest BCUT2D eigenvalue weighted by Crippen LogP contribution is 2.13. The van der Waals surface area contributed by atoms with Gasteiger partial charge in [0.2, 0.25) is 5.91 Å². The molecule has 0 bridgehead atoms. The maximum Gasteiger partial charge on any atom is 0.250 e. The molecule has 0 saturated heterocycles. The molecule has 1 rings (SSSR count). The van der Waals surface area contributed by atoms with Crippen molar-refractivity contribution in [2.24, 2.45) is 5.73 Å². The standard InChI is InChI=1S/C7H8N2OS/c1-11-6-2-5(7(8)10)3-9-4-6/h2-4H,1H3,(H2,8,10). The summed E-state index contributed by atoms with van der Waals surface area (Å²) < 4.78 is 0. The Morgan fingerprint density at radius 3 is 2.91 bits per heavy atom. The molecule has 0 spiro atoms. The van der Waals surface area contributed by atoms with E-state index in [2.05, 4.69) is 4.98 Å². The van der Waals surface area contributed by atoms with Gasteiger partial charge in [0.25, 0.3) is 0 Å². The van der Waals surface area contributed by atoms with E-state index in [1.165, 1.54) is 18.0 Å². The Morgan fingerprint density at radius 1 is 1.64 bits per heavy atom. The lowest BCUT2D eigenvalue weighted by Crippen LogP contribution is -2.10. The molecule has 0 radical (unpaired) electrons. The van der Waals surface area contributed by atoms with Crippen molar-refractivity contribution < 1.29 is 4.79 Å². The third-order valence-corrected chi connectivity index (χ3v) is 1.93. The molecule has 1 aromatic rings. The molecular formula is C7H8N2OS. The zero-order valence-electron chi connectivity index (χ0n) is 6.07. The number of nitrogens with two attached hydrogens (primary N) is 1. The van der Waals surface area contributed by atoms with Crippen LogP contribution in [0.5, 0.6) is 0 Å². The van der Waals surface area contributed by atoms with Crippen molar-refractivity contribution >= 4 is 17.7 Å². The molecule has 11 heavy (non-hydrogen) atoms. The predicted molar refractivity (Wildman–Crippen MR) is 44.5 cm³/mol. The van der Waals surface area contributed by atoms with Gasteiger partial charge in [-0.05, 0) is 12.3 Å². The number of pyridine rings is 1. The minimum Gasteiger partial charge on any atom is -0.366 e. The van der Waals surface area contributed by atoms with Gasteiger partial charge in [0.15, 0.2) is 0 Å². The van der Waals surface area contributed by atoms with E-state index in [0.29, 0.717) is 5.56 Å². The van der Waals surface area contributed by atoms with Crippen LogP contribution in [0.25, 0.3) is 0 Å². The summed E-state index contributed by atoms with van der Waals surface area (Å²) in [5.41, 5.74) is 5.50. The number of carbonyl (C=O) groups excluding carboxylic acids is 1. The van der Waals surface area contributed by atoms with Crippen molar-refractivity contribution in [2.75, 3.05) is 6.26 Å². The largest absolute Gasteiger partial charge is 0.366 e. The Kier molecular flexibility index (Phi) is 2.48. The summed E-state index contributed by atoms with van der Waals surface area (Å²) in [6.45, 7) is 0. The Labute approximate surface area is 69.0 Å². The van der Waals surface area contributed by atoms with E-state index < -0.39 is 5.91 Å². The van der Waals surface area contributed by atoms with Crippen LogP contribution in [0, 0.1) is 0 Å². The quantitative estimate of drug-likeness (QED) is 0.667. The number of rotatable bonds is 2. The van der Waals surface area contributed by atoms with Gasteiger partial charge in [-0.2, -0.15) is 0 Å². The Balaban J connectivity index is 3.01. The number of thioether (sulfide) groups is 1. The Morgan fingerprint density at radius 2 is 2.36 bits per heavy atom. The smallest absolute Gasteiger partial charge is 0.250 e. The van der Waals surface area contributed by atoms with E-state index in [9.17, 15) is 4.79 Å². The van der Waals surface area contributed by atoms with Gasteiger partial charge in [-0.3, -0.25) is 9.78 Å². The SMILES string of the molecule is CSc1cncc(C(N)=O)c1.